The number of carbonyl (C=O) groups is 1. The summed E-state index contributed by atoms with van der Waals surface area (Å²) < 4.78 is 6.37. The van der Waals surface area contributed by atoms with E-state index in [1.54, 1.807) is 4.90 Å². The molecule has 21 heavy (non-hydrogen) atoms. The smallest absolute Gasteiger partial charge is 0.410 e. The van der Waals surface area contributed by atoms with E-state index >= 15 is 0 Å². The molecule has 1 N–H and O–H groups in total. The van der Waals surface area contributed by atoms with Gasteiger partial charge in [-0.05, 0) is 44.9 Å². The summed E-state index contributed by atoms with van der Waals surface area (Å²) in [6, 6.07) is 7.98. The number of ether oxygens (including phenoxy) is 1. The zero-order valence-electron chi connectivity index (χ0n) is 12.7. The van der Waals surface area contributed by atoms with E-state index in [0.29, 0.717) is 13.1 Å². The van der Waals surface area contributed by atoms with Crippen LogP contribution < -0.4 is 0 Å². The van der Waals surface area contributed by atoms with Crippen LogP contribution in [-0.4, -0.2) is 40.9 Å². The van der Waals surface area contributed by atoms with E-state index < -0.39 is 11.7 Å². The van der Waals surface area contributed by atoms with Gasteiger partial charge >= 0.3 is 6.09 Å². The van der Waals surface area contributed by atoms with Gasteiger partial charge in [-0.2, -0.15) is 0 Å². The van der Waals surface area contributed by atoms with E-state index in [0.717, 1.165) is 16.5 Å². The third kappa shape index (κ3) is 4.45. The molecular formula is C16H22BrNO3. The second kappa shape index (κ2) is 6.36. The van der Waals surface area contributed by atoms with E-state index in [1.165, 1.54) is 0 Å². The normalized spacial score (nSPS) is 23.0. The second-order valence-electron chi connectivity index (χ2n) is 6.44. The predicted molar refractivity (Wildman–Crippen MR) is 85.3 cm³/mol. The lowest BCUT2D eigenvalue weighted by Crippen LogP contribution is -2.47. The third-order valence-electron chi connectivity index (χ3n) is 3.53. The zero-order chi connectivity index (χ0) is 15.6. The summed E-state index contributed by atoms with van der Waals surface area (Å²) in [5.74, 6) is 0.0665. The van der Waals surface area contributed by atoms with Gasteiger partial charge in [0, 0.05) is 16.9 Å². The van der Waals surface area contributed by atoms with Gasteiger partial charge in [0.15, 0.2) is 0 Å². The van der Waals surface area contributed by atoms with Crippen molar-refractivity contribution in [2.45, 2.75) is 44.8 Å². The number of rotatable bonds is 1. The average Bonchev–Trinajstić information content (AvgIpc) is 2.38. The first-order chi connectivity index (χ1) is 9.76. The van der Waals surface area contributed by atoms with Gasteiger partial charge in [0.2, 0.25) is 0 Å². The summed E-state index contributed by atoms with van der Waals surface area (Å²) in [5, 5.41) is 10.3. The maximum absolute atomic E-state index is 12.0. The molecule has 1 heterocycles. The van der Waals surface area contributed by atoms with Gasteiger partial charge in [0.1, 0.15) is 5.60 Å². The fourth-order valence-electron chi connectivity index (χ4n) is 2.52. The minimum Gasteiger partial charge on any atom is -0.444 e. The highest BCUT2D eigenvalue weighted by Gasteiger charge is 2.33. The predicted octanol–water partition coefficient (Wildman–Crippen LogP) is 3.53. The van der Waals surface area contributed by atoms with E-state index in [9.17, 15) is 9.90 Å². The Morgan fingerprint density at radius 1 is 1.33 bits per heavy atom. The largest absolute Gasteiger partial charge is 0.444 e. The summed E-state index contributed by atoms with van der Waals surface area (Å²) in [7, 11) is 0. The molecule has 1 aromatic rings. The van der Waals surface area contributed by atoms with Crippen LogP contribution in [0.1, 0.15) is 38.7 Å². The maximum Gasteiger partial charge on any atom is 0.410 e. The number of piperidine rings is 1. The minimum absolute atomic E-state index is 0.0665. The highest BCUT2D eigenvalue weighted by molar-refractivity contribution is 9.10. The van der Waals surface area contributed by atoms with Crippen LogP contribution in [0.25, 0.3) is 0 Å². The first-order valence-corrected chi connectivity index (χ1v) is 7.97. The summed E-state index contributed by atoms with van der Waals surface area (Å²) in [4.78, 5) is 13.6. The fourth-order valence-corrected chi connectivity index (χ4v) is 2.79. The lowest BCUT2D eigenvalue weighted by atomic mass is 9.87. The standard InChI is InChI=1S/C16H22BrNO3/c1-16(2,3)21-15(20)18-9-8-13(14(19)10-18)11-4-6-12(17)7-5-11/h4-7,13-14,19H,8-10H2,1-3H3/t13-,14+/m0/s1. The van der Waals surface area contributed by atoms with Crippen LogP contribution >= 0.6 is 15.9 Å². The first-order valence-electron chi connectivity index (χ1n) is 7.18. The summed E-state index contributed by atoms with van der Waals surface area (Å²) in [6.45, 7) is 6.45. The van der Waals surface area contributed by atoms with Crippen LogP contribution in [0.5, 0.6) is 0 Å². The topological polar surface area (TPSA) is 49.8 Å². The molecule has 0 saturated carbocycles. The van der Waals surface area contributed by atoms with Crippen molar-refractivity contribution in [2.75, 3.05) is 13.1 Å². The first kappa shape index (κ1) is 16.3. The highest BCUT2D eigenvalue weighted by Crippen LogP contribution is 2.30. The molecule has 2 atom stereocenters. The van der Waals surface area contributed by atoms with Gasteiger partial charge in [0.05, 0.1) is 12.6 Å². The van der Waals surface area contributed by atoms with Crippen LogP contribution in [0.15, 0.2) is 28.7 Å². The SMILES string of the molecule is CC(C)(C)OC(=O)N1CC[C@@H](c2ccc(Br)cc2)[C@H](O)C1. The number of carbonyl (C=O) groups excluding carboxylic acids is 1. The number of nitrogens with zero attached hydrogens (tertiary/aromatic N) is 1. The molecule has 5 heteroatoms. The fraction of sp³-hybridized carbons (Fsp3) is 0.562. The number of hydrogen-bond donors (Lipinski definition) is 1. The van der Waals surface area contributed by atoms with Gasteiger partial charge < -0.3 is 14.7 Å². The van der Waals surface area contributed by atoms with E-state index in [1.807, 2.05) is 45.0 Å². The Kier molecular flexibility index (Phi) is 4.94. The van der Waals surface area contributed by atoms with Crippen LogP contribution in [0.2, 0.25) is 0 Å². The van der Waals surface area contributed by atoms with Crippen molar-refractivity contribution < 1.29 is 14.6 Å². The Morgan fingerprint density at radius 2 is 1.95 bits per heavy atom. The monoisotopic (exact) mass is 355 g/mol. The van der Waals surface area contributed by atoms with E-state index in [-0.39, 0.29) is 12.0 Å². The zero-order valence-corrected chi connectivity index (χ0v) is 14.3. The number of benzene rings is 1. The Morgan fingerprint density at radius 3 is 2.48 bits per heavy atom. The molecule has 0 unspecified atom stereocenters. The molecule has 0 spiro atoms. The Bertz CT molecular complexity index is 495. The number of likely N-dealkylation sites (tertiary alicyclic amines) is 1. The van der Waals surface area contributed by atoms with Crippen LogP contribution in [0.4, 0.5) is 4.79 Å². The minimum atomic E-state index is -0.563. The molecule has 116 valence electrons. The molecule has 2 rings (SSSR count). The molecule has 0 aromatic heterocycles. The van der Waals surface area contributed by atoms with Crippen molar-refractivity contribution in [3.8, 4) is 0 Å². The molecule has 1 fully saturated rings. The van der Waals surface area contributed by atoms with Gasteiger partial charge in [-0.3, -0.25) is 0 Å². The Balaban J connectivity index is 1.99. The van der Waals surface area contributed by atoms with E-state index in [2.05, 4.69) is 15.9 Å². The van der Waals surface area contributed by atoms with Crippen molar-refractivity contribution in [1.29, 1.82) is 0 Å². The number of hydrogen-bond acceptors (Lipinski definition) is 3. The van der Waals surface area contributed by atoms with Gasteiger partial charge in [-0.1, -0.05) is 28.1 Å². The summed E-state index contributed by atoms with van der Waals surface area (Å²) in [6.07, 6.45) is -0.176. The summed E-state index contributed by atoms with van der Waals surface area (Å²) in [5.41, 5.74) is 0.597. The lowest BCUT2D eigenvalue weighted by Gasteiger charge is -2.36. The lowest BCUT2D eigenvalue weighted by molar-refractivity contribution is -0.00151. The molecule has 4 nitrogen and oxygen atoms in total. The van der Waals surface area contributed by atoms with E-state index in [4.69, 9.17) is 4.74 Å². The molecule has 1 aromatic carbocycles. The van der Waals surface area contributed by atoms with Crippen molar-refractivity contribution in [1.82, 2.24) is 4.90 Å². The van der Waals surface area contributed by atoms with Gasteiger partial charge in [0.25, 0.3) is 0 Å². The number of halogens is 1. The maximum atomic E-state index is 12.0. The van der Waals surface area contributed by atoms with Crippen LogP contribution in [-0.2, 0) is 4.74 Å². The van der Waals surface area contributed by atoms with Crippen LogP contribution in [0.3, 0.4) is 0 Å². The van der Waals surface area contributed by atoms with Gasteiger partial charge in [-0.15, -0.1) is 0 Å². The Hall–Kier alpha value is -1.07. The third-order valence-corrected chi connectivity index (χ3v) is 4.06. The Labute approximate surface area is 134 Å². The summed E-state index contributed by atoms with van der Waals surface area (Å²) >= 11 is 3.41. The average molecular weight is 356 g/mol. The molecule has 1 aliphatic rings. The van der Waals surface area contributed by atoms with Crippen molar-refractivity contribution >= 4 is 22.0 Å². The van der Waals surface area contributed by atoms with Crippen molar-refractivity contribution in [2.24, 2.45) is 0 Å². The van der Waals surface area contributed by atoms with Crippen LogP contribution in [0, 0.1) is 0 Å². The molecular weight excluding hydrogens is 334 g/mol. The van der Waals surface area contributed by atoms with Crippen molar-refractivity contribution in [3.05, 3.63) is 34.3 Å². The molecule has 1 saturated heterocycles. The number of aliphatic hydroxyl groups is 1. The number of amides is 1. The molecule has 0 bridgehead atoms. The second-order valence-corrected chi connectivity index (χ2v) is 7.36. The van der Waals surface area contributed by atoms with Crippen molar-refractivity contribution in [3.63, 3.8) is 0 Å². The quantitative estimate of drug-likeness (QED) is 0.838. The molecule has 1 aliphatic heterocycles. The molecule has 0 aliphatic carbocycles. The highest BCUT2D eigenvalue weighted by atomic mass is 79.9. The van der Waals surface area contributed by atoms with Gasteiger partial charge in [-0.25, -0.2) is 4.79 Å². The molecule has 1 amide bonds. The molecule has 0 radical (unpaired) electrons. The number of β-amino-alcohol motifs (C(OH)–C–C–N with tert-alkyl or cyclic N) is 1. The number of aliphatic hydroxyl groups excluding tert-OH is 1.